The molecule has 1 aromatic heterocycles. The average Bonchev–Trinajstić information content (AvgIpc) is 2.69. The molecule has 132 valence electrons. The number of nitrogens with one attached hydrogen (secondary N) is 1. The van der Waals surface area contributed by atoms with Crippen LogP contribution in [0.4, 0.5) is 5.69 Å². The van der Waals surface area contributed by atoms with Gasteiger partial charge in [0, 0.05) is 23.0 Å². The maximum Gasteiger partial charge on any atom is 0.259 e. The number of carbonyl (C=O) groups excluding carboxylic acids is 1. The number of carbonyl (C=O) groups is 1. The lowest BCUT2D eigenvalue weighted by Gasteiger charge is -2.11. The van der Waals surface area contributed by atoms with Crippen molar-refractivity contribution in [3.05, 3.63) is 83.7 Å². The number of aromatic nitrogens is 1. The molecule has 0 atom stereocenters. The molecule has 1 heterocycles. The highest BCUT2D eigenvalue weighted by atomic mass is 32.2. The molecular weight excluding hydrogens is 344 g/mol. The second kappa shape index (κ2) is 8.54. The summed E-state index contributed by atoms with van der Waals surface area (Å²) < 4.78 is 5.35. The Kier molecular flexibility index (Phi) is 5.92. The summed E-state index contributed by atoms with van der Waals surface area (Å²) in [4.78, 5) is 17.6. The number of thioether (sulfide) groups is 1. The monoisotopic (exact) mass is 364 g/mol. The SMILES string of the molecule is COc1cc(SC)ccc1C(=O)Nc1ccc(Cc2ccncc2)cc1. The van der Waals surface area contributed by atoms with E-state index in [4.69, 9.17) is 4.74 Å². The highest BCUT2D eigenvalue weighted by Gasteiger charge is 2.13. The second-order valence-corrected chi connectivity index (χ2v) is 6.63. The zero-order valence-electron chi connectivity index (χ0n) is 14.7. The van der Waals surface area contributed by atoms with Crippen molar-refractivity contribution in [3.63, 3.8) is 0 Å². The minimum atomic E-state index is -0.184. The Bertz CT molecular complexity index is 880. The standard InChI is InChI=1S/C21H20N2O2S/c1-25-20-14-18(26-2)7-8-19(20)21(24)23-17-5-3-15(4-6-17)13-16-9-11-22-12-10-16/h3-12,14H,13H2,1-2H3,(H,23,24). The molecule has 26 heavy (non-hydrogen) atoms. The van der Waals surface area contributed by atoms with E-state index in [0.29, 0.717) is 11.3 Å². The van der Waals surface area contributed by atoms with Crippen LogP contribution in [0.1, 0.15) is 21.5 Å². The third-order valence-corrected chi connectivity index (χ3v) is 4.75. The molecule has 1 N–H and O–H groups in total. The Morgan fingerprint density at radius 2 is 1.73 bits per heavy atom. The summed E-state index contributed by atoms with van der Waals surface area (Å²) in [5.74, 6) is 0.389. The van der Waals surface area contributed by atoms with Gasteiger partial charge in [0.05, 0.1) is 12.7 Å². The Balaban J connectivity index is 1.70. The van der Waals surface area contributed by atoms with Crippen LogP contribution in [0.25, 0.3) is 0 Å². The predicted octanol–water partition coefficient (Wildman–Crippen LogP) is 4.66. The van der Waals surface area contributed by atoms with Gasteiger partial charge in [0.2, 0.25) is 0 Å². The quantitative estimate of drug-likeness (QED) is 0.647. The lowest BCUT2D eigenvalue weighted by Crippen LogP contribution is -2.13. The summed E-state index contributed by atoms with van der Waals surface area (Å²) in [5, 5.41) is 2.93. The van der Waals surface area contributed by atoms with Crippen LogP contribution in [0.5, 0.6) is 5.75 Å². The van der Waals surface area contributed by atoms with E-state index in [2.05, 4.69) is 10.3 Å². The van der Waals surface area contributed by atoms with E-state index in [1.165, 1.54) is 11.1 Å². The number of methoxy groups -OCH3 is 1. The minimum Gasteiger partial charge on any atom is -0.496 e. The Labute approximate surface area is 157 Å². The van der Waals surface area contributed by atoms with Crippen molar-refractivity contribution < 1.29 is 9.53 Å². The van der Waals surface area contributed by atoms with Crippen LogP contribution in [0.3, 0.4) is 0 Å². The number of hydrogen-bond donors (Lipinski definition) is 1. The minimum absolute atomic E-state index is 0.184. The van der Waals surface area contributed by atoms with Gasteiger partial charge in [0.15, 0.2) is 0 Å². The molecule has 0 bridgehead atoms. The molecule has 0 fully saturated rings. The van der Waals surface area contributed by atoms with Crippen molar-refractivity contribution >= 4 is 23.4 Å². The zero-order chi connectivity index (χ0) is 18.4. The van der Waals surface area contributed by atoms with E-state index < -0.39 is 0 Å². The van der Waals surface area contributed by atoms with Crippen LogP contribution in [0.2, 0.25) is 0 Å². The molecule has 3 aromatic rings. The first-order chi connectivity index (χ1) is 12.7. The van der Waals surface area contributed by atoms with Gasteiger partial charge in [-0.2, -0.15) is 0 Å². The summed E-state index contributed by atoms with van der Waals surface area (Å²) in [6.07, 6.45) is 6.40. The molecule has 0 unspecified atom stereocenters. The highest BCUT2D eigenvalue weighted by molar-refractivity contribution is 7.98. The van der Waals surface area contributed by atoms with Crippen LogP contribution in [-0.4, -0.2) is 24.3 Å². The third-order valence-electron chi connectivity index (χ3n) is 4.02. The van der Waals surface area contributed by atoms with E-state index in [-0.39, 0.29) is 5.91 Å². The van der Waals surface area contributed by atoms with E-state index in [1.807, 2.05) is 54.8 Å². The van der Waals surface area contributed by atoms with Gasteiger partial charge in [-0.05, 0) is 66.3 Å². The van der Waals surface area contributed by atoms with Crippen molar-refractivity contribution in [1.82, 2.24) is 4.98 Å². The maximum atomic E-state index is 12.6. The fraction of sp³-hybridized carbons (Fsp3) is 0.143. The number of pyridine rings is 1. The summed E-state index contributed by atoms with van der Waals surface area (Å²) in [6.45, 7) is 0. The van der Waals surface area contributed by atoms with Gasteiger partial charge in [-0.3, -0.25) is 9.78 Å². The largest absolute Gasteiger partial charge is 0.496 e. The average molecular weight is 364 g/mol. The molecule has 0 radical (unpaired) electrons. The van der Waals surface area contributed by atoms with Crippen LogP contribution in [0.15, 0.2) is 71.9 Å². The van der Waals surface area contributed by atoms with Gasteiger partial charge in [-0.15, -0.1) is 11.8 Å². The Hall–Kier alpha value is -2.79. The number of anilines is 1. The molecule has 4 nitrogen and oxygen atoms in total. The molecule has 0 aliphatic rings. The van der Waals surface area contributed by atoms with Crippen molar-refractivity contribution in [3.8, 4) is 5.75 Å². The third kappa shape index (κ3) is 4.43. The lowest BCUT2D eigenvalue weighted by molar-refractivity contribution is 0.102. The molecule has 3 rings (SSSR count). The van der Waals surface area contributed by atoms with E-state index in [9.17, 15) is 4.79 Å². The number of nitrogens with zero attached hydrogens (tertiary/aromatic N) is 1. The lowest BCUT2D eigenvalue weighted by atomic mass is 10.1. The molecule has 0 aliphatic heterocycles. The van der Waals surface area contributed by atoms with Gasteiger partial charge in [-0.1, -0.05) is 12.1 Å². The Morgan fingerprint density at radius 3 is 2.38 bits per heavy atom. The van der Waals surface area contributed by atoms with Gasteiger partial charge < -0.3 is 10.1 Å². The van der Waals surface area contributed by atoms with E-state index in [1.54, 1.807) is 37.3 Å². The summed E-state index contributed by atoms with van der Waals surface area (Å²) in [7, 11) is 1.57. The first-order valence-electron chi connectivity index (χ1n) is 8.21. The van der Waals surface area contributed by atoms with Gasteiger partial charge in [0.1, 0.15) is 5.75 Å². The molecule has 0 spiro atoms. The summed E-state index contributed by atoms with van der Waals surface area (Å²) in [5.41, 5.74) is 3.65. The Morgan fingerprint density at radius 1 is 1.04 bits per heavy atom. The summed E-state index contributed by atoms with van der Waals surface area (Å²) in [6, 6.07) is 17.4. The smallest absolute Gasteiger partial charge is 0.259 e. The molecular formula is C21H20N2O2S. The van der Waals surface area contributed by atoms with Crippen molar-refractivity contribution in [2.75, 3.05) is 18.7 Å². The molecule has 2 aromatic carbocycles. The van der Waals surface area contributed by atoms with Crippen molar-refractivity contribution in [2.24, 2.45) is 0 Å². The maximum absolute atomic E-state index is 12.6. The number of amides is 1. The second-order valence-electron chi connectivity index (χ2n) is 5.75. The van der Waals surface area contributed by atoms with E-state index >= 15 is 0 Å². The number of ether oxygens (including phenoxy) is 1. The van der Waals surface area contributed by atoms with Crippen molar-refractivity contribution in [2.45, 2.75) is 11.3 Å². The van der Waals surface area contributed by atoms with Gasteiger partial charge >= 0.3 is 0 Å². The van der Waals surface area contributed by atoms with Crippen LogP contribution in [0, 0.1) is 0 Å². The first kappa shape index (κ1) is 18.0. The number of benzene rings is 2. The van der Waals surface area contributed by atoms with Gasteiger partial charge in [0.25, 0.3) is 5.91 Å². The molecule has 1 amide bonds. The van der Waals surface area contributed by atoms with Crippen LogP contribution >= 0.6 is 11.8 Å². The first-order valence-corrected chi connectivity index (χ1v) is 9.43. The number of rotatable bonds is 6. The molecule has 0 aliphatic carbocycles. The number of hydrogen-bond acceptors (Lipinski definition) is 4. The highest BCUT2D eigenvalue weighted by Crippen LogP contribution is 2.26. The van der Waals surface area contributed by atoms with Crippen LogP contribution < -0.4 is 10.1 Å². The molecule has 0 saturated heterocycles. The molecule has 0 saturated carbocycles. The predicted molar refractivity (Wildman–Crippen MR) is 106 cm³/mol. The zero-order valence-corrected chi connectivity index (χ0v) is 15.5. The molecule has 5 heteroatoms. The fourth-order valence-corrected chi connectivity index (χ4v) is 3.06. The van der Waals surface area contributed by atoms with E-state index in [0.717, 1.165) is 17.0 Å². The summed E-state index contributed by atoms with van der Waals surface area (Å²) >= 11 is 1.61. The van der Waals surface area contributed by atoms with Crippen LogP contribution in [-0.2, 0) is 6.42 Å². The topological polar surface area (TPSA) is 51.2 Å². The van der Waals surface area contributed by atoms with Gasteiger partial charge in [-0.25, -0.2) is 0 Å². The normalized spacial score (nSPS) is 10.4. The van der Waals surface area contributed by atoms with Crippen molar-refractivity contribution in [1.29, 1.82) is 0 Å². The fourth-order valence-electron chi connectivity index (χ4n) is 2.63.